The van der Waals surface area contributed by atoms with Gasteiger partial charge in [0.2, 0.25) is 0 Å². The van der Waals surface area contributed by atoms with Gasteiger partial charge >= 0.3 is 0 Å². The van der Waals surface area contributed by atoms with Crippen LogP contribution in [0.1, 0.15) is 0 Å². The van der Waals surface area contributed by atoms with Crippen molar-refractivity contribution in [2.45, 2.75) is 61.4 Å². The summed E-state index contributed by atoms with van der Waals surface area (Å²) in [6.07, 6.45) is -15.6. The maximum absolute atomic E-state index is 9.94. The fourth-order valence-corrected chi connectivity index (χ4v) is 2.57. The molecule has 2 rings (SSSR count). The van der Waals surface area contributed by atoms with Crippen molar-refractivity contribution in [3.05, 3.63) is 0 Å². The highest BCUT2D eigenvalue weighted by molar-refractivity contribution is 4.93. The van der Waals surface area contributed by atoms with Gasteiger partial charge in [-0.1, -0.05) is 0 Å². The Kier molecular flexibility index (Phi) is 6.27. The molecule has 2 saturated heterocycles. The lowest BCUT2D eigenvalue weighted by Crippen LogP contribution is -2.64. The molecule has 8 N–H and O–H groups in total. The standard InChI is InChI=1S/C12H22O11/c13-1-3-5(15)6(16)9(19)12(22-3)23-10-4(2-14)21-11(20)8(18)7(10)17/h3-20H,1-2H2/t3-,4-,5-,6+,7-,8-,9-,10+,11?,12-/m1/s1. The highest BCUT2D eigenvalue weighted by atomic mass is 16.7. The zero-order valence-corrected chi connectivity index (χ0v) is 12.0. The van der Waals surface area contributed by atoms with Crippen LogP contribution in [0.5, 0.6) is 0 Å². The van der Waals surface area contributed by atoms with Crippen molar-refractivity contribution in [3.8, 4) is 0 Å². The van der Waals surface area contributed by atoms with Gasteiger partial charge in [0.15, 0.2) is 12.6 Å². The number of ether oxygens (including phenoxy) is 3. The molecule has 2 aliphatic heterocycles. The smallest absolute Gasteiger partial charge is 0.187 e. The summed E-state index contributed by atoms with van der Waals surface area (Å²) >= 11 is 0. The molecule has 0 radical (unpaired) electrons. The van der Waals surface area contributed by atoms with E-state index >= 15 is 0 Å². The van der Waals surface area contributed by atoms with Gasteiger partial charge in [0.25, 0.3) is 0 Å². The van der Waals surface area contributed by atoms with Gasteiger partial charge < -0.3 is 55.1 Å². The summed E-state index contributed by atoms with van der Waals surface area (Å²) in [5.74, 6) is 0. The molecule has 0 aromatic carbocycles. The lowest BCUT2D eigenvalue weighted by molar-refractivity contribution is -0.355. The fraction of sp³-hybridized carbons (Fsp3) is 1.00. The van der Waals surface area contributed by atoms with Crippen molar-refractivity contribution in [2.75, 3.05) is 13.2 Å². The van der Waals surface area contributed by atoms with Crippen LogP contribution in [0.3, 0.4) is 0 Å². The zero-order chi connectivity index (χ0) is 17.3. The first-order valence-electron chi connectivity index (χ1n) is 7.08. The predicted octanol–water partition coefficient (Wildman–Crippen LogP) is -5.40. The molecular weight excluding hydrogens is 320 g/mol. The van der Waals surface area contributed by atoms with Crippen LogP contribution in [0.25, 0.3) is 0 Å². The minimum absolute atomic E-state index is 0.667. The van der Waals surface area contributed by atoms with Crippen LogP contribution in [0.4, 0.5) is 0 Å². The predicted molar refractivity (Wildman–Crippen MR) is 68.6 cm³/mol. The van der Waals surface area contributed by atoms with Crippen LogP contribution in [-0.2, 0) is 14.2 Å². The number of hydrogen-bond donors (Lipinski definition) is 8. The normalized spacial score (nSPS) is 51.7. The van der Waals surface area contributed by atoms with Gasteiger partial charge in [0.1, 0.15) is 48.8 Å². The van der Waals surface area contributed by atoms with Gasteiger partial charge in [-0.05, 0) is 0 Å². The molecule has 0 bridgehead atoms. The summed E-state index contributed by atoms with van der Waals surface area (Å²) in [5, 5.41) is 76.5. The molecule has 2 fully saturated rings. The maximum Gasteiger partial charge on any atom is 0.187 e. The molecule has 0 aliphatic carbocycles. The average Bonchev–Trinajstić information content (AvgIpc) is 2.55. The first-order chi connectivity index (χ1) is 10.8. The molecule has 0 aromatic heterocycles. The van der Waals surface area contributed by atoms with Crippen molar-refractivity contribution in [3.63, 3.8) is 0 Å². The monoisotopic (exact) mass is 342 g/mol. The summed E-state index contributed by atoms with van der Waals surface area (Å²) in [6.45, 7) is -1.35. The van der Waals surface area contributed by atoms with Gasteiger partial charge in [0.05, 0.1) is 13.2 Å². The van der Waals surface area contributed by atoms with Crippen LogP contribution in [-0.4, -0.2) is 115 Å². The van der Waals surface area contributed by atoms with Crippen molar-refractivity contribution < 1.29 is 55.1 Å². The number of aliphatic hydroxyl groups excluding tert-OH is 8. The minimum Gasteiger partial charge on any atom is -0.394 e. The van der Waals surface area contributed by atoms with Crippen LogP contribution < -0.4 is 0 Å². The molecule has 0 saturated carbocycles. The fourth-order valence-electron chi connectivity index (χ4n) is 2.57. The van der Waals surface area contributed by atoms with E-state index in [4.69, 9.17) is 19.3 Å². The second-order valence-corrected chi connectivity index (χ2v) is 5.53. The third-order valence-corrected chi connectivity index (χ3v) is 3.98. The Balaban J connectivity index is 2.11. The summed E-state index contributed by atoms with van der Waals surface area (Å²) in [7, 11) is 0. The molecule has 2 aliphatic rings. The van der Waals surface area contributed by atoms with E-state index in [2.05, 4.69) is 0 Å². The SMILES string of the molecule is OC[C@H]1O[C@H](O[C@@H]2[C@H](O)[C@@H](O)C(O)O[C@@H]2CO)[C@H](O)[C@@H](O)[C@@H]1O. The largest absolute Gasteiger partial charge is 0.394 e. The summed E-state index contributed by atoms with van der Waals surface area (Å²) in [5.41, 5.74) is 0. The Morgan fingerprint density at radius 2 is 1.26 bits per heavy atom. The topological polar surface area (TPSA) is 190 Å². The van der Waals surface area contributed by atoms with Crippen LogP contribution >= 0.6 is 0 Å². The van der Waals surface area contributed by atoms with E-state index in [0.717, 1.165) is 0 Å². The van der Waals surface area contributed by atoms with E-state index in [9.17, 15) is 35.7 Å². The average molecular weight is 342 g/mol. The lowest BCUT2D eigenvalue weighted by Gasteiger charge is -2.45. The molecule has 0 amide bonds. The van der Waals surface area contributed by atoms with Crippen molar-refractivity contribution in [1.82, 2.24) is 0 Å². The first-order valence-corrected chi connectivity index (χ1v) is 7.08. The van der Waals surface area contributed by atoms with Crippen molar-refractivity contribution in [2.24, 2.45) is 0 Å². The lowest BCUT2D eigenvalue weighted by atomic mass is 9.97. The first kappa shape index (κ1) is 18.9. The van der Waals surface area contributed by atoms with Gasteiger partial charge in [0, 0.05) is 0 Å². The third kappa shape index (κ3) is 3.65. The molecule has 11 heteroatoms. The van der Waals surface area contributed by atoms with Gasteiger partial charge in [-0.2, -0.15) is 0 Å². The highest BCUT2D eigenvalue weighted by Crippen LogP contribution is 2.28. The molecule has 10 atom stereocenters. The Hall–Kier alpha value is -0.440. The second kappa shape index (κ2) is 7.63. The molecule has 0 aromatic rings. The molecule has 136 valence electrons. The van der Waals surface area contributed by atoms with Crippen LogP contribution in [0, 0.1) is 0 Å². The van der Waals surface area contributed by atoms with E-state index in [-0.39, 0.29) is 0 Å². The van der Waals surface area contributed by atoms with E-state index in [1.165, 1.54) is 0 Å². The van der Waals surface area contributed by atoms with Gasteiger partial charge in [-0.25, -0.2) is 0 Å². The Labute approximate surface area is 130 Å². The second-order valence-electron chi connectivity index (χ2n) is 5.53. The van der Waals surface area contributed by atoms with E-state index in [1.54, 1.807) is 0 Å². The molecule has 1 unspecified atom stereocenters. The number of rotatable bonds is 4. The Bertz CT molecular complexity index is 378. The number of hydrogen-bond acceptors (Lipinski definition) is 11. The molecule has 23 heavy (non-hydrogen) atoms. The van der Waals surface area contributed by atoms with Gasteiger partial charge in [-0.3, -0.25) is 0 Å². The Morgan fingerprint density at radius 3 is 1.83 bits per heavy atom. The Morgan fingerprint density at radius 1 is 0.652 bits per heavy atom. The van der Waals surface area contributed by atoms with Crippen molar-refractivity contribution >= 4 is 0 Å². The maximum atomic E-state index is 9.94. The van der Waals surface area contributed by atoms with E-state index in [1.807, 2.05) is 0 Å². The summed E-state index contributed by atoms with van der Waals surface area (Å²) in [4.78, 5) is 0. The van der Waals surface area contributed by atoms with E-state index in [0.29, 0.717) is 0 Å². The number of aliphatic hydroxyl groups is 8. The molecule has 11 nitrogen and oxygen atoms in total. The minimum atomic E-state index is -1.74. The zero-order valence-electron chi connectivity index (χ0n) is 12.0. The molecular formula is C12H22O11. The third-order valence-electron chi connectivity index (χ3n) is 3.98. The van der Waals surface area contributed by atoms with Crippen molar-refractivity contribution in [1.29, 1.82) is 0 Å². The summed E-state index contributed by atoms with van der Waals surface area (Å²) in [6, 6.07) is 0. The van der Waals surface area contributed by atoms with E-state index < -0.39 is 74.6 Å². The highest BCUT2D eigenvalue weighted by Gasteiger charge is 2.50. The van der Waals surface area contributed by atoms with Crippen LogP contribution in [0.2, 0.25) is 0 Å². The van der Waals surface area contributed by atoms with Gasteiger partial charge in [-0.15, -0.1) is 0 Å². The quantitative estimate of drug-likeness (QED) is 0.243. The molecule has 2 heterocycles. The summed E-state index contributed by atoms with van der Waals surface area (Å²) < 4.78 is 15.3. The van der Waals surface area contributed by atoms with Crippen LogP contribution in [0.15, 0.2) is 0 Å². The molecule has 0 spiro atoms.